The number of carbonyl (C=O) groups excluding carboxylic acids is 1. The fourth-order valence-electron chi connectivity index (χ4n) is 1.94. The molecule has 3 nitrogen and oxygen atoms in total. The van der Waals surface area contributed by atoms with Crippen LogP contribution in [0.25, 0.3) is 0 Å². The summed E-state index contributed by atoms with van der Waals surface area (Å²) < 4.78 is 0. The summed E-state index contributed by atoms with van der Waals surface area (Å²) in [5, 5.41) is 11.9. The highest BCUT2D eigenvalue weighted by Gasteiger charge is 2.12. The molecule has 0 spiro atoms. The lowest BCUT2D eigenvalue weighted by Gasteiger charge is -2.15. The zero-order valence-electron chi connectivity index (χ0n) is 11.9. The molecule has 0 aliphatic heterocycles. The summed E-state index contributed by atoms with van der Waals surface area (Å²) in [5.41, 5.74) is 1.73. The van der Waals surface area contributed by atoms with Crippen molar-refractivity contribution in [2.45, 2.75) is 31.6 Å². The van der Waals surface area contributed by atoms with Crippen molar-refractivity contribution in [3.63, 3.8) is 0 Å². The summed E-state index contributed by atoms with van der Waals surface area (Å²) in [5.74, 6) is 0.322. The first kappa shape index (κ1) is 16.1. The molecule has 0 aromatic heterocycles. The van der Waals surface area contributed by atoms with Crippen molar-refractivity contribution in [1.82, 2.24) is 5.32 Å². The fourth-order valence-corrected chi connectivity index (χ4v) is 2.38. The Morgan fingerprint density at radius 2 is 2.21 bits per heavy atom. The third-order valence-electron chi connectivity index (χ3n) is 3.36. The molecule has 0 heterocycles. The second-order valence-electron chi connectivity index (χ2n) is 4.68. The van der Waals surface area contributed by atoms with E-state index in [2.05, 4.69) is 12.2 Å². The van der Waals surface area contributed by atoms with Gasteiger partial charge >= 0.3 is 0 Å². The molecule has 1 aromatic rings. The lowest BCUT2D eigenvalue weighted by molar-refractivity contribution is 0.0942. The van der Waals surface area contributed by atoms with Crippen molar-refractivity contribution in [3.05, 3.63) is 29.3 Å². The standard InChI is InChI=1S/C15H23NO2S/c1-4-12(7-8-17)10-16-15(18)14-9-13(19-3)6-5-11(14)2/h5-6,9,12,17H,4,7-8,10H2,1-3H3,(H,16,18). The van der Waals surface area contributed by atoms with E-state index < -0.39 is 0 Å². The number of carbonyl (C=O) groups is 1. The Morgan fingerprint density at radius 1 is 1.47 bits per heavy atom. The van der Waals surface area contributed by atoms with Crippen LogP contribution in [-0.4, -0.2) is 30.4 Å². The van der Waals surface area contributed by atoms with Crippen LogP contribution in [0.1, 0.15) is 35.7 Å². The summed E-state index contributed by atoms with van der Waals surface area (Å²) in [7, 11) is 0. The van der Waals surface area contributed by atoms with Gasteiger partial charge in [0.2, 0.25) is 0 Å². The predicted octanol–water partition coefficient (Wildman–Crippen LogP) is 2.86. The number of amides is 1. The van der Waals surface area contributed by atoms with Crippen LogP contribution in [0.4, 0.5) is 0 Å². The molecule has 106 valence electrons. The van der Waals surface area contributed by atoms with Crippen molar-refractivity contribution >= 4 is 17.7 Å². The maximum atomic E-state index is 12.2. The molecule has 4 heteroatoms. The van der Waals surface area contributed by atoms with Crippen LogP contribution >= 0.6 is 11.8 Å². The Kier molecular flexibility index (Phi) is 6.95. The highest BCUT2D eigenvalue weighted by molar-refractivity contribution is 7.98. The topological polar surface area (TPSA) is 49.3 Å². The van der Waals surface area contributed by atoms with Gasteiger partial charge in [0.25, 0.3) is 5.91 Å². The van der Waals surface area contributed by atoms with Crippen LogP contribution in [0.2, 0.25) is 0 Å². The summed E-state index contributed by atoms with van der Waals surface area (Å²) >= 11 is 1.63. The Labute approximate surface area is 119 Å². The molecule has 1 aromatic carbocycles. The zero-order chi connectivity index (χ0) is 14.3. The predicted molar refractivity (Wildman–Crippen MR) is 80.8 cm³/mol. The van der Waals surface area contributed by atoms with Crippen molar-refractivity contribution < 1.29 is 9.90 Å². The number of rotatable bonds is 7. The van der Waals surface area contributed by atoms with Crippen molar-refractivity contribution in [2.75, 3.05) is 19.4 Å². The van der Waals surface area contributed by atoms with Gasteiger partial charge in [-0.2, -0.15) is 0 Å². The smallest absolute Gasteiger partial charge is 0.251 e. The van der Waals surface area contributed by atoms with Crippen LogP contribution in [0, 0.1) is 12.8 Å². The average molecular weight is 281 g/mol. The molecule has 0 aliphatic carbocycles. The van der Waals surface area contributed by atoms with E-state index >= 15 is 0 Å². The molecule has 19 heavy (non-hydrogen) atoms. The molecule has 0 fully saturated rings. The van der Waals surface area contributed by atoms with Gasteiger partial charge < -0.3 is 10.4 Å². The van der Waals surface area contributed by atoms with Gasteiger partial charge in [-0.05, 0) is 43.2 Å². The van der Waals surface area contributed by atoms with E-state index in [0.717, 1.165) is 28.9 Å². The summed E-state index contributed by atoms with van der Waals surface area (Å²) in [6.07, 6.45) is 3.70. The van der Waals surface area contributed by atoms with E-state index in [1.807, 2.05) is 31.4 Å². The SMILES string of the molecule is CCC(CCO)CNC(=O)c1cc(SC)ccc1C. The second-order valence-corrected chi connectivity index (χ2v) is 5.56. The highest BCUT2D eigenvalue weighted by atomic mass is 32.2. The third kappa shape index (κ3) is 4.88. The first-order valence-corrected chi connectivity index (χ1v) is 7.88. The van der Waals surface area contributed by atoms with E-state index in [4.69, 9.17) is 5.11 Å². The normalized spacial score (nSPS) is 12.2. The fraction of sp³-hybridized carbons (Fsp3) is 0.533. The number of aliphatic hydroxyl groups excluding tert-OH is 1. The van der Waals surface area contributed by atoms with Crippen LogP contribution < -0.4 is 5.32 Å². The first-order valence-electron chi connectivity index (χ1n) is 6.66. The Bertz CT molecular complexity index is 421. The number of nitrogens with one attached hydrogen (secondary N) is 1. The second kappa shape index (κ2) is 8.23. The molecular weight excluding hydrogens is 258 g/mol. The van der Waals surface area contributed by atoms with E-state index in [-0.39, 0.29) is 12.5 Å². The quantitative estimate of drug-likeness (QED) is 0.756. The molecule has 0 aliphatic rings. The lowest BCUT2D eigenvalue weighted by atomic mass is 10.0. The van der Waals surface area contributed by atoms with E-state index in [1.54, 1.807) is 11.8 Å². The molecule has 2 N–H and O–H groups in total. The monoisotopic (exact) mass is 281 g/mol. The van der Waals surface area contributed by atoms with E-state index in [1.165, 1.54) is 0 Å². The molecular formula is C15H23NO2S. The van der Waals surface area contributed by atoms with Gasteiger partial charge in [0.05, 0.1) is 0 Å². The molecule has 1 unspecified atom stereocenters. The molecule has 1 atom stereocenters. The van der Waals surface area contributed by atoms with Crippen LogP contribution in [-0.2, 0) is 0 Å². The minimum atomic E-state index is -0.0233. The van der Waals surface area contributed by atoms with Crippen molar-refractivity contribution in [3.8, 4) is 0 Å². The number of thioether (sulfide) groups is 1. The number of hydrogen-bond donors (Lipinski definition) is 2. The third-order valence-corrected chi connectivity index (χ3v) is 4.08. The lowest BCUT2D eigenvalue weighted by Crippen LogP contribution is -2.30. The summed E-state index contributed by atoms with van der Waals surface area (Å²) in [4.78, 5) is 13.3. The Balaban J connectivity index is 2.67. The Morgan fingerprint density at radius 3 is 2.79 bits per heavy atom. The summed E-state index contributed by atoms with van der Waals surface area (Å²) in [6, 6.07) is 5.94. The number of hydrogen-bond acceptors (Lipinski definition) is 3. The molecule has 0 radical (unpaired) electrons. The first-order chi connectivity index (χ1) is 9.12. The van der Waals surface area contributed by atoms with Crippen molar-refractivity contribution in [1.29, 1.82) is 0 Å². The summed E-state index contributed by atoms with van der Waals surface area (Å²) in [6.45, 7) is 4.82. The number of benzene rings is 1. The Hall–Kier alpha value is -1.00. The van der Waals surface area contributed by atoms with E-state index in [0.29, 0.717) is 12.5 Å². The van der Waals surface area contributed by atoms with Gasteiger partial charge in [0, 0.05) is 23.6 Å². The molecule has 1 rings (SSSR count). The minimum absolute atomic E-state index is 0.0233. The van der Waals surface area contributed by atoms with Gasteiger partial charge in [-0.25, -0.2) is 0 Å². The van der Waals surface area contributed by atoms with E-state index in [9.17, 15) is 4.79 Å². The minimum Gasteiger partial charge on any atom is -0.396 e. The van der Waals surface area contributed by atoms with Gasteiger partial charge in [0.1, 0.15) is 0 Å². The van der Waals surface area contributed by atoms with Gasteiger partial charge in [0.15, 0.2) is 0 Å². The van der Waals surface area contributed by atoms with Gasteiger partial charge in [-0.1, -0.05) is 19.4 Å². The molecule has 0 bridgehead atoms. The van der Waals surface area contributed by atoms with Crippen LogP contribution in [0.5, 0.6) is 0 Å². The van der Waals surface area contributed by atoms with Crippen LogP contribution in [0.3, 0.4) is 0 Å². The number of aryl methyl sites for hydroxylation is 1. The zero-order valence-corrected chi connectivity index (χ0v) is 12.7. The maximum absolute atomic E-state index is 12.2. The molecule has 0 saturated carbocycles. The molecule has 0 saturated heterocycles. The van der Waals surface area contributed by atoms with Crippen molar-refractivity contribution in [2.24, 2.45) is 5.92 Å². The van der Waals surface area contributed by atoms with Crippen LogP contribution in [0.15, 0.2) is 23.1 Å². The van der Waals surface area contributed by atoms with Gasteiger partial charge in [-0.3, -0.25) is 4.79 Å². The molecule has 1 amide bonds. The average Bonchev–Trinajstić information content (AvgIpc) is 2.43. The van der Waals surface area contributed by atoms with Gasteiger partial charge in [-0.15, -0.1) is 11.8 Å². The number of aliphatic hydroxyl groups is 1. The highest BCUT2D eigenvalue weighted by Crippen LogP contribution is 2.19. The maximum Gasteiger partial charge on any atom is 0.251 e. The largest absolute Gasteiger partial charge is 0.396 e.